The van der Waals surface area contributed by atoms with Crippen molar-refractivity contribution in [2.24, 2.45) is 17.1 Å². The van der Waals surface area contributed by atoms with Gasteiger partial charge in [-0.25, -0.2) is 0 Å². The van der Waals surface area contributed by atoms with Crippen LogP contribution in [0.3, 0.4) is 0 Å². The van der Waals surface area contributed by atoms with E-state index in [9.17, 15) is 4.79 Å². The standard InChI is InChI=1S/C12H24N2OS/c1-9(12(2,3)4)8-11(15)14-7-5-6-10(13)16/h9H,5-8H2,1-4H3,(H2,13,16)(H,14,15). The van der Waals surface area contributed by atoms with Crippen LogP contribution in [-0.4, -0.2) is 17.4 Å². The molecule has 3 nitrogen and oxygen atoms in total. The van der Waals surface area contributed by atoms with Gasteiger partial charge in [-0.1, -0.05) is 39.9 Å². The average Bonchev–Trinajstić information content (AvgIpc) is 2.10. The van der Waals surface area contributed by atoms with Gasteiger partial charge in [0.1, 0.15) is 0 Å². The van der Waals surface area contributed by atoms with Crippen LogP contribution >= 0.6 is 12.2 Å². The van der Waals surface area contributed by atoms with E-state index in [1.165, 1.54) is 0 Å². The summed E-state index contributed by atoms with van der Waals surface area (Å²) in [7, 11) is 0. The smallest absolute Gasteiger partial charge is 0.220 e. The molecule has 1 amide bonds. The van der Waals surface area contributed by atoms with E-state index in [0.717, 1.165) is 6.42 Å². The molecule has 4 heteroatoms. The molecule has 1 unspecified atom stereocenters. The van der Waals surface area contributed by atoms with Gasteiger partial charge < -0.3 is 11.1 Å². The molecule has 0 heterocycles. The number of rotatable bonds is 6. The van der Waals surface area contributed by atoms with Crippen LogP contribution in [0.5, 0.6) is 0 Å². The third-order valence-electron chi connectivity index (χ3n) is 2.89. The summed E-state index contributed by atoms with van der Waals surface area (Å²) in [6.45, 7) is 9.22. The van der Waals surface area contributed by atoms with Crippen LogP contribution < -0.4 is 11.1 Å². The third-order valence-corrected chi connectivity index (χ3v) is 3.10. The lowest BCUT2D eigenvalue weighted by Crippen LogP contribution is -2.30. The van der Waals surface area contributed by atoms with Gasteiger partial charge in [-0.05, 0) is 24.2 Å². The molecule has 0 rings (SSSR count). The minimum absolute atomic E-state index is 0.116. The molecule has 0 aliphatic carbocycles. The number of hydrogen-bond donors (Lipinski definition) is 2. The summed E-state index contributed by atoms with van der Waals surface area (Å²) in [6, 6.07) is 0. The van der Waals surface area contributed by atoms with Gasteiger partial charge in [0.25, 0.3) is 0 Å². The topological polar surface area (TPSA) is 55.1 Å². The number of carbonyl (C=O) groups is 1. The minimum atomic E-state index is 0.116. The maximum atomic E-state index is 11.6. The fraction of sp³-hybridized carbons (Fsp3) is 0.833. The number of nitrogens with one attached hydrogen (secondary N) is 1. The Hall–Kier alpha value is -0.640. The Balaban J connectivity index is 3.71. The summed E-state index contributed by atoms with van der Waals surface area (Å²) in [4.78, 5) is 12.1. The van der Waals surface area contributed by atoms with Crippen molar-refractivity contribution in [1.82, 2.24) is 5.32 Å². The van der Waals surface area contributed by atoms with Crippen molar-refractivity contribution in [1.29, 1.82) is 0 Å². The highest BCUT2D eigenvalue weighted by Gasteiger charge is 2.22. The number of nitrogens with two attached hydrogens (primary N) is 1. The predicted octanol–water partition coefficient (Wildman–Crippen LogP) is 2.24. The highest BCUT2D eigenvalue weighted by molar-refractivity contribution is 7.80. The second-order valence-electron chi connectivity index (χ2n) is 5.39. The Bertz CT molecular complexity index is 246. The summed E-state index contributed by atoms with van der Waals surface area (Å²) in [5.41, 5.74) is 5.54. The molecule has 0 aromatic heterocycles. The maximum absolute atomic E-state index is 11.6. The molecule has 0 spiro atoms. The first-order chi connectivity index (χ1) is 7.23. The van der Waals surface area contributed by atoms with Crippen LogP contribution in [-0.2, 0) is 4.79 Å². The lowest BCUT2D eigenvalue weighted by Gasteiger charge is -2.26. The van der Waals surface area contributed by atoms with Gasteiger partial charge in [0.15, 0.2) is 0 Å². The fourth-order valence-corrected chi connectivity index (χ4v) is 1.29. The lowest BCUT2D eigenvalue weighted by atomic mass is 9.80. The van der Waals surface area contributed by atoms with E-state index >= 15 is 0 Å². The monoisotopic (exact) mass is 244 g/mol. The Kier molecular flexibility index (Phi) is 6.56. The van der Waals surface area contributed by atoms with Gasteiger partial charge in [0.2, 0.25) is 5.91 Å². The van der Waals surface area contributed by atoms with Crippen molar-refractivity contribution in [2.75, 3.05) is 6.54 Å². The Morgan fingerprint density at radius 3 is 2.44 bits per heavy atom. The molecule has 3 N–H and O–H groups in total. The first kappa shape index (κ1) is 15.4. The van der Waals surface area contributed by atoms with E-state index in [1.807, 2.05) is 0 Å². The number of carbonyl (C=O) groups excluding carboxylic acids is 1. The Morgan fingerprint density at radius 2 is 2.00 bits per heavy atom. The molecule has 1 atom stereocenters. The van der Waals surface area contributed by atoms with Crippen molar-refractivity contribution < 1.29 is 4.79 Å². The van der Waals surface area contributed by atoms with Crippen LogP contribution in [0.25, 0.3) is 0 Å². The molecule has 0 aromatic rings. The van der Waals surface area contributed by atoms with Gasteiger partial charge in [-0.2, -0.15) is 0 Å². The van der Waals surface area contributed by atoms with E-state index < -0.39 is 0 Å². The second kappa shape index (κ2) is 6.84. The quantitative estimate of drug-likeness (QED) is 0.556. The van der Waals surface area contributed by atoms with Gasteiger partial charge in [-0.3, -0.25) is 4.79 Å². The van der Waals surface area contributed by atoms with E-state index in [4.69, 9.17) is 18.0 Å². The average molecular weight is 244 g/mol. The number of amides is 1. The SMILES string of the molecule is CC(CC(=O)NCCCC(N)=S)C(C)(C)C. The molecular weight excluding hydrogens is 220 g/mol. The molecular formula is C12H24N2OS. The van der Waals surface area contributed by atoms with Gasteiger partial charge in [-0.15, -0.1) is 0 Å². The van der Waals surface area contributed by atoms with Crippen LogP contribution in [0.2, 0.25) is 0 Å². The lowest BCUT2D eigenvalue weighted by molar-refractivity contribution is -0.122. The van der Waals surface area contributed by atoms with Crippen LogP contribution in [0.4, 0.5) is 0 Å². The molecule has 0 aliphatic heterocycles. The highest BCUT2D eigenvalue weighted by Crippen LogP contribution is 2.27. The molecule has 0 saturated heterocycles. The summed E-state index contributed by atoms with van der Waals surface area (Å²) in [6.07, 6.45) is 2.10. The second-order valence-corrected chi connectivity index (χ2v) is 5.92. The normalized spacial score (nSPS) is 13.2. The molecule has 94 valence electrons. The van der Waals surface area contributed by atoms with Gasteiger partial charge in [0.05, 0.1) is 4.99 Å². The van der Waals surface area contributed by atoms with Crippen molar-refractivity contribution in [3.63, 3.8) is 0 Å². The molecule has 0 aromatic carbocycles. The number of thiocarbonyl (C=S) groups is 1. The highest BCUT2D eigenvalue weighted by atomic mass is 32.1. The predicted molar refractivity (Wildman–Crippen MR) is 72.3 cm³/mol. The van der Waals surface area contributed by atoms with Crippen molar-refractivity contribution in [3.8, 4) is 0 Å². The van der Waals surface area contributed by atoms with Crippen molar-refractivity contribution in [3.05, 3.63) is 0 Å². The van der Waals surface area contributed by atoms with Crippen LogP contribution in [0, 0.1) is 11.3 Å². The fourth-order valence-electron chi connectivity index (χ4n) is 1.15. The zero-order valence-corrected chi connectivity index (χ0v) is 11.6. The summed E-state index contributed by atoms with van der Waals surface area (Å²) < 4.78 is 0. The van der Waals surface area contributed by atoms with E-state index in [2.05, 4.69) is 33.0 Å². The van der Waals surface area contributed by atoms with Crippen molar-refractivity contribution in [2.45, 2.75) is 47.0 Å². The molecule has 0 aliphatic rings. The van der Waals surface area contributed by atoms with E-state index in [1.54, 1.807) is 0 Å². The molecule has 0 fully saturated rings. The van der Waals surface area contributed by atoms with Crippen LogP contribution in [0.1, 0.15) is 47.0 Å². The minimum Gasteiger partial charge on any atom is -0.393 e. The molecule has 0 radical (unpaired) electrons. The van der Waals surface area contributed by atoms with E-state index in [-0.39, 0.29) is 11.3 Å². The largest absolute Gasteiger partial charge is 0.393 e. The molecule has 16 heavy (non-hydrogen) atoms. The summed E-state index contributed by atoms with van der Waals surface area (Å²) in [5, 5.41) is 2.89. The molecule has 0 saturated carbocycles. The summed E-state index contributed by atoms with van der Waals surface area (Å²) >= 11 is 4.76. The zero-order valence-electron chi connectivity index (χ0n) is 10.8. The first-order valence-corrected chi connectivity index (χ1v) is 6.19. The van der Waals surface area contributed by atoms with Gasteiger partial charge in [0, 0.05) is 13.0 Å². The van der Waals surface area contributed by atoms with Gasteiger partial charge >= 0.3 is 0 Å². The zero-order chi connectivity index (χ0) is 12.8. The summed E-state index contributed by atoms with van der Waals surface area (Å²) in [5.74, 6) is 0.494. The number of hydrogen-bond acceptors (Lipinski definition) is 2. The Morgan fingerprint density at radius 1 is 1.44 bits per heavy atom. The maximum Gasteiger partial charge on any atom is 0.220 e. The molecule has 0 bridgehead atoms. The third kappa shape index (κ3) is 7.63. The van der Waals surface area contributed by atoms with Crippen molar-refractivity contribution >= 4 is 23.1 Å². The van der Waals surface area contributed by atoms with E-state index in [0.29, 0.717) is 30.3 Å². The first-order valence-electron chi connectivity index (χ1n) is 5.78. The Labute approximate surface area is 104 Å². The van der Waals surface area contributed by atoms with Crippen LogP contribution in [0.15, 0.2) is 0 Å².